The predicted molar refractivity (Wildman–Crippen MR) is 107 cm³/mol. The van der Waals surface area contributed by atoms with Crippen molar-refractivity contribution in [2.75, 3.05) is 18.4 Å². The van der Waals surface area contributed by atoms with Crippen molar-refractivity contribution >= 4 is 21.6 Å². The minimum atomic E-state index is -3.72. The molecule has 154 valence electrons. The van der Waals surface area contributed by atoms with Crippen LogP contribution in [-0.4, -0.2) is 36.7 Å². The third-order valence-electron chi connectivity index (χ3n) is 6.17. The number of carbonyl (C=O) groups excluding carboxylic acids is 1. The summed E-state index contributed by atoms with van der Waals surface area (Å²) in [5.41, 5.74) is 0.147. The van der Waals surface area contributed by atoms with Crippen molar-refractivity contribution in [1.29, 1.82) is 0 Å². The van der Waals surface area contributed by atoms with Crippen molar-refractivity contribution in [3.8, 4) is 0 Å². The Bertz CT molecular complexity index is 974. The molecule has 0 radical (unpaired) electrons. The van der Waals surface area contributed by atoms with Gasteiger partial charge in [-0.1, -0.05) is 19.3 Å². The highest BCUT2D eigenvalue weighted by Gasteiger charge is 2.53. The first kappa shape index (κ1) is 20.0. The van der Waals surface area contributed by atoms with Gasteiger partial charge in [0.2, 0.25) is 15.9 Å². The number of halogens is 1. The first-order valence-corrected chi connectivity index (χ1v) is 11.3. The zero-order valence-corrected chi connectivity index (χ0v) is 16.9. The largest absolute Gasteiger partial charge is 0.326 e. The number of nitrogens with zero attached hydrogens (tertiary/aromatic N) is 2. The number of pyridine rings is 1. The molecule has 1 aromatic heterocycles. The molecule has 1 amide bonds. The van der Waals surface area contributed by atoms with Gasteiger partial charge >= 0.3 is 0 Å². The van der Waals surface area contributed by atoms with Gasteiger partial charge in [-0.2, -0.15) is 4.31 Å². The summed E-state index contributed by atoms with van der Waals surface area (Å²) < 4.78 is 40.9. The summed E-state index contributed by atoms with van der Waals surface area (Å²) in [4.78, 5) is 17.2. The number of rotatable bonds is 4. The summed E-state index contributed by atoms with van der Waals surface area (Å²) in [6, 6.07) is 8.74. The van der Waals surface area contributed by atoms with Gasteiger partial charge in [-0.25, -0.2) is 12.8 Å². The molecule has 29 heavy (non-hydrogen) atoms. The van der Waals surface area contributed by atoms with Crippen LogP contribution in [0, 0.1) is 17.2 Å². The maximum Gasteiger partial charge on any atom is 0.244 e. The average Bonchev–Trinajstić information content (AvgIpc) is 3.10. The molecule has 2 fully saturated rings. The van der Waals surface area contributed by atoms with Crippen molar-refractivity contribution in [2.45, 2.75) is 37.0 Å². The van der Waals surface area contributed by atoms with Gasteiger partial charge in [0.25, 0.3) is 0 Å². The maximum absolute atomic E-state index is 13.2. The molecule has 2 heterocycles. The standard InChI is InChI=1S/C21H24FN3O3S/c22-16-6-8-17(9-7-16)24-20(26)19-14-25(15-21(19)10-2-1-3-11-21)29(27,28)18-5-4-12-23-13-18/h4-9,12-13,19H,1-3,10-11,14-15H2,(H,24,26). The molecule has 1 atom stereocenters. The van der Waals surface area contributed by atoms with E-state index in [9.17, 15) is 17.6 Å². The lowest BCUT2D eigenvalue weighted by Crippen LogP contribution is -2.39. The van der Waals surface area contributed by atoms with Crippen LogP contribution in [-0.2, 0) is 14.8 Å². The number of carbonyl (C=O) groups is 1. The summed E-state index contributed by atoms with van der Waals surface area (Å²) in [5.74, 6) is -1.02. The average molecular weight is 418 g/mol. The molecule has 4 rings (SSSR count). The number of anilines is 1. The first-order chi connectivity index (χ1) is 13.9. The molecule has 2 aromatic rings. The van der Waals surface area contributed by atoms with Crippen molar-refractivity contribution in [3.05, 3.63) is 54.6 Å². The van der Waals surface area contributed by atoms with Crippen molar-refractivity contribution < 1.29 is 17.6 Å². The van der Waals surface area contributed by atoms with E-state index in [-0.39, 0.29) is 28.6 Å². The van der Waals surface area contributed by atoms with Crippen LogP contribution >= 0.6 is 0 Å². The lowest BCUT2D eigenvalue weighted by atomic mass is 9.67. The molecule has 1 saturated heterocycles. The van der Waals surface area contributed by atoms with Crippen LogP contribution in [0.1, 0.15) is 32.1 Å². The smallest absolute Gasteiger partial charge is 0.244 e. The molecular formula is C21H24FN3O3S. The number of sulfonamides is 1. The molecule has 1 unspecified atom stereocenters. The fourth-order valence-corrected chi connectivity index (χ4v) is 6.16. The van der Waals surface area contributed by atoms with E-state index in [0.717, 1.165) is 32.1 Å². The third kappa shape index (κ3) is 3.91. The van der Waals surface area contributed by atoms with E-state index >= 15 is 0 Å². The Morgan fingerprint density at radius 3 is 2.52 bits per heavy atom. The highest BCUT2D eigenvalue weighted by atomic mass is 32.2. The lowest BCUT2D eigenvalue weighted by Gasteiger charge is -2.37. The van der Waals surface area contributed by atoms with Gasteiger partial charge in [0, 0.05) is 31.2 Å². The zero-order valence-electron chi connectivity index (χ0n) is 16.1. The molecule has 1 aliphatic carbocycles. The van der Waals surface area contributed by atoms with Crippen molar-refractivity contribution in [2.24, 2.45) is 11.3 Å². The van der Waals surface area contributed by atoms with Gasteiger partial charge in [0.05, 0.1) is 5.92 Å². The van der Waals surface area contributed by atoms with E-state index < -0.39 is 15.9 Å². The predicted octanol–water partition coefficient (Wildman–Crippen LogP) is 3.43. The normalized spacial score (nSPS) is 21.9. The molecule has 1 aliphatic heterocycles. The van der Waals surface area contributed by atoms with Gasteiger partial charge in [-0.3, -0.25) is 9.78 Å². The van der Waals surface area contributed by atoms with E-state index in [1.165, 1.54) is 47.0 Å². The SMILES string of the molecule is O=C(Nc1ccc(F)cc1)C1CN(S(=O)(=O)c2cccnc2)CC12CCCCC2. The van der Waals surface area contributed by atoms with E-state index in [0.29, 0.717) is 12.2 Å². The zero-order chi connectivity index (χ0) is 20.5. The minimum absolute atomic E-state index is 0.143. The Balaban J connectivity index is 1.61. The first-order valence-electron chi connectivity index (χ1n) is 9.87. The molecule has 1 aromatic carbocycles. The van der Waals surface area contributed by atoms with E-state index in [2.05, 4.69) is 10.3 Å². The molecule has 1 spiro atoms. The van der Waals surface area contributed by atoms with Crippen LogP contribution in [0.4, 0.5) is 10.1 Å². The number of benzene rings is 1. The summed E-state index contributed by atoms with van der Waals surface area (Å²) in [6.45, 7) is 0.482. The number of nitrogens with one attached hydrogen (secondary N) is 1. The van der Waals surface area contributed by atoms with E-state index in [4.69, 9.17) is 0 Å². The van der Waals surface area contributed by atoms with Crippen LogP contribution in [0.15, 0.2) is 53.7 Å². The maximum atomic E-state index is 13.2. The highest BCUT2D eigenvalue weighted by Crippen LogP contribution is 2.49. The Labute approximate surface area is 170 Å². The highest BCUT2D eigenvalue weighted by molar-refractivity contribution is 7.89. The van der Waals surface area contributed by atoms with Gasteiger partial charge in [-0.05, 0) is 54.7 Å². The Morgan fingerprint density at radius 2 is 1.86 bits per heavy atom. The Kier molecular flexibility index (Phi) is 5.40. The summed E-state index contributed by atoms with van der Waals surface area (Å²) in [5, 5.41) is 2.85. The summed E-state index contributed by atoms with van der Waals surface area (Å²) >= 11 is 0. The van der Waals surface area contributed by atoms with Crippen molar-refractivity contribution in [1.82, 2.24) is 9.29 Å². The number of hydrogen-bond acceptors (Lipinski definition) is 4. The molecule has 1 N–H and O–H groups in total. The van der Waals surface area contributed by atoms with Gasteiger partial charge in [-0.15, -0.1) is 0 Å². The van der Waals surface area contributed by atoms with Crippen LogP contribution in [0.3, 0.4) is 0 Å². The monoisotopic (exact) mass is 417 g/mol. The molecule has 8 heteroatoms. The van der Waals surface area contributed by atoms with Gasteiger partial charge in [0.1, 0.15) is 10.7 Å². The number of amides is 1. The third-order valence-corrected chi connectivity index (χ3v) is 7.96. The molecular weight excluding hydrogens is 393 g/mol. The second kappa shape index (κ2) is 7.84. The summed E-state index contributed by atoms with van der Waals surface area (Å²) in [6.07, 6.45) is 7.60. The summed E-state index contributed by atoms with van der Waals surface area (Å²) in [7, 11) is -3.72. The Hall–Kier alpha value is -2.32. The van der Waals surface area contributed by atoms with Gasteiger partial charge in [0.15, 0.2) is 0 Å². The topological polar surface area (TPSA) is 79.4 Å². The van der Waals surface area contributed by atoms with Crippen molar-refractivity contribution in [3.63, 3.8) is 0 Å². The Morgan fingerprint density at radius 1 is 1.14 bits per heavy atom. The van der Waals surface area contributed by atoms with Crippen LogP contribution < -0.4 is 5.32 Å². The van der Waals surface area contributed by atoms with Crippen LogP contribution in [0.5, 0.6) is 0 Å². The number of hydrogen-bond donors (Lipinski definition) is 1. The van der Waals surface area contributed by atoms with Crippen LogP contribution in [0.25, 0.3) is 0 Å². The van der Waals surface area contributed by atoms with Gasteiger partial charge < -0.3 is 5.32 Å². The lowest BCUT2D eigenvalue weighted by molar-refractivity contribution is -0.123. The second-order valence-corrected chi connectivity index (χ2v) is 9.90. The molecule has 2 aliphatic rings. The van der Waals surface area contributed by atoms with E-state index in [1.807, 2.05) is 0 Å². The minimum Gasteiger partial charge on any atom is -0.326 e. The second-order valence-electron chi connectivity index (χ2n) is 7.96. The van der Waals surface area contributed by atoms with E-state index in [1.54, 1.807) is 6.07 Å². The molecule has 0 bridgehead atoms. The molecule has 1 saturated carbocycles. The quantitative estimate of drug-likeness (QED) is 0.827. The molecule has 6 nitrogen and oxygen atoms in total. The van der Waals surface area contributed by atoms with Crippen LogP contribution in [0.2, 0.25) is 0 Å². The fraction of sp³-hybridized carbons (Fsp3) is 0.429. The number of aromatic nitrogens is 1. The fourth-order valence-electron chi connectivity index (χ4n) is 4.64.